The summed E-state index contributed by atoms with van der Waals surface area (Å²) in [6.07, 6.45) is 8.90. The fourth-order valence-electron chi connectivity index (χ4n) is 6.35. The maximum atomic E-state index is 12.7. The van der Waals surface area contributed by atoms with E-state index in [0.717, 1.165) is 37.0 Å². The molecule has 1 saturated heterocycles. The van der Waals surface area contributed by atoms with Crippen molar-refractivity contribution in [2.45, 2.75) is 88.5 Å². The van der Waals surface area contributed by atoms with E-state index in [2.05, 4.69) is 10.6 Å². The first-order valence-corrected chi connectivity index (χ1v) is 12.1. The number of sulfonamides is 1. The number of amides is 2. The molecule has 4 bridgehead atoms. The highest BCUT2D eigenvalue weighted by atomic mass is 32.2. The summed E-state index contributed by atoms with van der Waals surface area (Å²) < 4.78 is 26.0. The zero-order valence-corrected chi connectivity index (χ0v) is 17.8. The van der Waals surface area contributed by atoms with Crippen LogP contribution in [0.25, 0.3) is 0 Å². The molecular weight excluding hydrogens is 362 g/mol. The first-order chi connectivity index (χ1) is 12.6. The number of carbonyl (C=O) groups is 1. The maximum absolute atomic E-state index is 12.7. The van der Waals surface area contributed by atoms with E-state index < -0.39 is 14.8 Å². The molecule has 0 aromatic heterocycles. The van der Waals surface area contributed by atoms with Gasteiger partial charge in [-0.25, -0.2) is 17.5 Å². The minimum absolute atomic E-state index is 0.0229. The maximum Gasteiger partial charge on any atom is 0.315 e. The van der Waals surface area contributed by atoms with Crippen molar-refractivity contribution >= 4 is 16.1 Å². The van der Waals surface area contributed by atoms with Crippen LogP contribution in [-0.4, -0.2) is 48.2 Å². The Morgan fingerprint density at radius 1 is 0.963 bits per heavy atom. The van der Waals surface area contributed by atoms with E-state index in [1.54, 1.807) is 25.1 Å². The van der Waals surface area contributed by atoms with E-state index in [-0.39, 0.29) is 17.6 Å². The molecule has 6 nitrogen and oxygen atoms in total. The lowest BCUT2D eigenvalue weighted by Crippen LogP contribution is -2.62. The Morgan fingerprint density at radius 2 is 1.44 bits per heavy atom. The van der Waals surface area contributed by atoms with Crippen molar-refractivity contribution < 1.29 is 13.2 Å². The third kappa shape index (κ3) is 3.74. The largest absolute Gasteiger partial charge is 0.335 e. The minimum Gasteiger partial charge on any atom is -0.335 e. The molecule has 5 rings (SSSR count). The van der Waals surface area contributed by atoms with Gasteiger partial charge in [0.1, 0.15) is 0 Å². The highest BCUT2D eigenvalue weighted by Crippen LogP contribution is 2.55. The van der Waals surface area contributed by atoms with Gasteiger partial charge < -0.3 is 10.6 Å². The molecule has 2 N–H and O–H groups in total. The number of carbonyl (C=O) groups excluding carboxylic acids is 1. The molecule has 27 heavy (non-hydrogen) atoms. The topological polar surface area (TPSA) is 78.5 Å². The molecule has 4 aliphatic carbocycles. The Hall–Kier alpha value is -0.820. The lowest BCUT2D eigenvalue weighted by atomic mass is 9.53. The van der Waals surface area contributed by atoms with Gasteiger partial charge >= 0.3 is 6.03 Å². The Labute approximate surface area is 163 Å². The fourth-order valence-corrected chi connectivity index (χ4v) is 7.82. The fraction of sp³-hybridized carbons (Fsp3) is 0.950. The summed E-state index contributed by atoms with van der Waals surface area (Å²) in [6.45, 7) is 6.20. The van der Waals surface area contributed by atoms with Gasteiger partial charge in [-0.15, -0.1) is 0 Å². The van der Waals surface area contributed by atoms with Crippen molar-refractivity contribution in [3.63, 3.8) is 0 Å². The van der Waals surface area contributed by atoms with Crippen molar-refractivity contribution in [1.29, 1.82) is 0 Å². The first-order valence-electron chi connectivity index (χ1n) is 10.6. The van der Waals surface area contributed by atoms with Gasteiger partial charge in [0.2, 0.25) is 10.0 Å². The van der Waals surface area contributed by atoms with Crippen LogP contribution in [0.1, 0.15) is 72.1 Å². The number of hydrogen-bond acceptors (Lipinski definition) is 3. The zero-order chi connectivity index (χ0) is 19.4. The van der Waals surface area contributed by atoms with Crippen LogP contribution in [0.4, 0.5) is 4.79 Å². The average Bonchev–Trinajstić information content (AvgIpc) is 2.52. The van der Waals surface area contributed by atoms with Crippen LogP contribution in [0, 0.1) is 17.8 Å². The summed E-state index contributed by atoms with van der Waals surface area (Å²) in [4.78, 5) is 12.7. The Balaban J connectivity index is 1.29. The predicted octanol–water partition coefficient (Wildman–Crippen LogP) is 2.85. The quantitative estimate of drug-likeness (QED) is 0.769. The highest BCUT2D eigenvalue weighted by Gasteiger charge is 2.51. The molecule has 0 aromatic carbocycles. The van der Waals surface area contributed by atoms with Crippen molar-refractivity contribution in [3.05, 3.63) is 0 Å². The molecule has 5 fully saturated rings. The second kappa shape index (κ2) is 6.61. The van der Waals surface area contributed by atoms with E-state index in [4.69, 9.17) is 0 Å². The van der Waals surface area contributed by atoms with E-state index in [0.29, 0.717) is 25.9 Å². The molecule has 0 radical (unpaired) electrons. The van der Waals surface area contributed by atoms with Gasteiger partial charge in [-0.2, -0.15) is 0 Å². The van der Waals surface area contributed by atoms with Gasteiger partial charge in [0.15, 0.2) is 0 Å². The normalized spacial score (nSPS) is 37.4. The first kappa shape index (κ1) is 19.5. The molecule has 4 saturated carbocycles. The van der Waals surface area contributed by atoms with Crippen LogP contribution in [-0.2, 0) is 10.0 Å². The highest BCUT2D eigenvalue weighted by molar-refractivity contribution is 7.90. The summed E-state index contributed by atoms with van der Waals surface area (Å²) >= 11 is 0. The lowest BCUT2D eigenvalue weighted by Gasteiger charge is -2.56. The molecular formula is C20H35N3O3S. The van der Waals surface area contributed by atoms with Gasteiger partial charge in [-0.3, -0.25) is 0 Å². The van der Waals surface area contributed by atoms with Gasteiger partial charge in [-0.1, -0.05) is 0 Å². The third-order valence-corrected chi connectivity index (χ3v) is 9.91. The van der Waals surface area contributed by atoms with Gasteiger partial charge in [0, 0.05) is 24.7 Å². The molecule has 2 amide bonds. The zero-order valence-electron chi connectivity index (χ0n) is 17.0. The van der Waals surface area contributed by atoms with Crippen molar-refractivity contribution in [2.24, 2.45) is 17.8 Å². The smallest absolute Gasteiger partial charge is 0.315 e. The van der Waals surface area contributed by atoms with E-state index in [9.17, 15) is 13.2 Å². The minimum atomic E-state index is -3.28. The lowest BCUT2D eigenvalue weighted by molar-refractivity contribution is -0.0137. The molecule has 0 atom stereocenters. The van der Waals surface area contributed by atoms with Crippen LogP contribution < -0.4 is 10.6 Å². The summed E-state index contributed by atoms with van der Waals surface area (Å²) in [7, 11) is -3.28. The molecule has 1 heterocycles. The molecule has 0 aromatic rings. The molecule has 0 spiro atoms. The van der Waals surface area contributed by atoms with Crippen molar-refractivity contribution in [3.8, 4) is 0 Å². The number of rotatable bonds is 3. The van der Waals surface area contributed by atoms with Crippen LogP contribution in [0.15, 0.2) is 0 Å². The van der Waals surface area contributed by atoms with E-state index >= 15 is 0 Å². The molecule has 0 unspecified atom stereocenters. The molecule has 7 heteroatoms. The monoisotopic (exact) mass is 397 g/mol. The number of piperidine rings is 1. The van der Waals surface area contributed by atoms with Gasteiger partial charge in [0.05, 0.1) is 4.75 Å². The van der Waals surface area contributed by atoms with Crippen LogP contribution in [0.5, 0.6) is 0 Å². The number of nitrogens with one attached hydrogen (secondary N) is 2. The summed E-state index contributed by atoms with van der Waals surface area (Å²) in [5, 5.41) is 6.49. The third-order valence-electron chi connectivity index (χ3n) is 7.32. The Morgan fingerprint density at radius 3 is 1.89 bits per heavy atom. The number of urea groups is 1. The van der Waals surface area contributed by atoms with Crippen LogP contribution in [0.3, 0.4) is 0 Å². The Kier molecular flexibility index (Phi) is 4.78. The second-order valence-corrected chi connectivity index (χ2v) is 13.3. The second-order valence-electron chi connectivity index (χ2n) is 10.6. The van der Waals surface area contributed by atoms with Gasteiger partial charge in [-0.05, 0) is 89.9 Å². The summed E-state index contributed by atoms with van der Waals surface area (Å²) in [5.74, 6) is 2.42. The van der Waals surface area contributed by atoms with E-state index in [1.165, 1.54) is 19.3 Å². The predicted molar refractivity (Wildman–Crippen MR) is 106 cm³/mol. The average molecular weight is 398 g/mol. The SMILES string of the molecule is CC(C)(C)S(=O)(=O)N1CCC(NC(=O)NC23CC4CC(CC(C4)C2)C3)CC1. The molecule has 154 valence electrons. The van der Waals surface area contributed by atoms with Crippen LogP contribution in [0.2, 0.25) is 0 Å². The van der Waals surface area contributed by atoms with E-state index in [1.807, 2.05) is 0 Å². The van der Waals surface area contributed by atoms with Crippen LogP contribution >= 0.6 is 0 Å². The number of nitrogens with zero attached hydrogens (tertiary/aromatic N) is 1. The molecule has 5 aliphatic rings. The summed E-state index contributed by atoms with van der Waals surface area (Å²) in [6, 6.07) is 0.0133. The summed E-state index contributed by atoms with van der Waals surface area (Å²) in [5.41, 5.74) is 0.0229. The standard InChI is InChI=1S/C20H35N3O3S/c1-19(2,3)27(25,26)23-6-4-17(5-7-23)21-18(24)22-20-11-14-8-15(12-20)10-16(9-14)13-20/h14-17H,4-13H2,1-3H3,(H2,21,22,24). The Bertz CT molecular complexity index is 654. The van der Waals surface area contributed by atoms with Gasteiger partial charge in [0.25, 0.3) is 0 Å². The van der Waals surface area contributed by atoms with Crippen molar-refractivity contribution in [2.75, 3.05) is 13.1 Å². The molecule has 1 aliphatic heterocycles. The number of hydrogen-bond donors (Lipinski definition) is 2. The van der Waals surface area contributed by atoms with Crippen molar-refractivity contribution in [1.82, 2.24) is 14.9 Å².